The highest BCUT2D eigenvalue weighted by Gasteiger charge is 2.39. The van der Waals surface area contributed by atoms with E-state index in [-0.39, 0.29) is 51.1 Å². The van der Waals surface area contributed by atoms with Crippen LogP contribution in [0.3, 0.4) is 0 Å². The first kappa shape index (κ1) is 26.4. The molecule has 2 aromatic rings. The molecule has 2 aromatic carbocycles. The van der Waals surface area contributed by atoms with Crippen LogP contribution in [-0.2, 0) is 27.4 Å². The zero-order valence-electron chi connectivity index (χ0n) is 19.9. The van der Waals surface area contributed by atoms with Crippen molar-refractivity contribution in [3.8, 4) is 5.75 Å². The van der Waals surface area contributed by atoms with E-state index in [4.69, 9.17) is 26.2 Å². The van der Waals surface area contributed by atoms with Gasteiger partial charge < -0.3 is 30.1 Å². The van der Waals surface area contributed by atoms with Gasteiger partial charge in [-0.3, -0.25) is 19.7 Å². The van der Waals surface area contributed by atoms with Gasteiger partial charge in [-0.1, -0.05) is 23.7 Å². The third-order valence-corrected chi connectivity index (χ3v) is 6.12. The number of aliphatic hydroxyl groups excluding tert-OH is 1. The van der Waals surface area contributed by atoms with Gasteiger partial charge in [0, 0.05) is 41.9 Å². The molecule has 0 bridgehead atoms. The quantitative estimate of drug-likeness (QED) is 0.270. The van der Waals surface area contributed by atoms with E-state index in [1.54, 1.807) is 30.3 Å². The number of nitrogens with one attached hydrogen (secondary N) is 3. The molecule has 1 fully saturated rings. The summed E-state index contributed by atoms with van der Waals surface area (Å²) in [7, 11) is 0. The summed E-state index contributed by atoms with van der Waals surface area (Å²) < 4.78 is 10.7. The van der Waals surface area contributed by atoms with Crippen LogP contribution in [0.15, 0.2) is 36.4 Å². The first-order valence-corrected chi connectivity index (χ1v) is 12.1. The molecule has 1 saturated heterocycles. The molecular weight excluding hydrogens is 504 g/mol. The number of hydrogen-bond donors (Lipinski definition) is 4. The van der Waals surface area contributed by atoms with Gasteiger partial charge in [0.25, 0.3) is 5.91 Å². The second-order valence-electron chi connectivity index (χ2n) is 8.56. The molecular formula is C25H27ClN4O7. The summed E-state index contributed by atoms with van der Waals surface area (Å²) in [6.45, 7) is 1.19. The minimum atomic E-state index is -0.676. The van der Waals surface area contributed by atoms with E-state index >= 15 is 0 Å². The molecule has 2 heterocycles. The average molecular weight is 531 g/mol. The van der Waals surface area contributed by atoms with Crippen molar-refractivity contribution in [1.29, 1.82) is 0 Å². The Kier molecular flexibility index (Phi) is 8.59. The number of anilines is 1. The normalized spacial score (nSPS) is 16.9. The minimum absolute atomic E-state index is 0.0648. The highest BCUT2D eigenvalue weighted by molar-refractivity contribution is 6.31. The van der Waals surface area contributed by atoms with Crippen LogP contribution in [0.25, 0.3) is 0 Å². The minimum Gasteiger partial charge on any atom is -0.491 e. The Hall–Kier alpha value is -3.67. The van der Waals surface area contributed by atoms with Gasteiger partial charge in [-0.2, -0.15) is 0 Å². The fourth-order valence-corrected chi connectivity index (χ4v) is 4.42. The van der Waals surface area contributed by atoms with E-state index in [0.717, 1.165) is 11.1 Å². The summed E-state index contributed by atoms with van der Waals surface area (Å²) in [6.07, 6.45) is 0.493. The second-order valence-corrected chi connectivity index (χ2v) is 9.00. The van der Waals surface area contributed by atoms with E-state index in [9.17, 15) is 19.2 Å². The monoisotopic (exact) mass is 530 g/mol. The van der Waals surface area contributed by atoms with Crippen molar-refractivity contribution in [3.05, 3.63) is 58.1 Å². The van der Waals surface area contributed by atoms with Crippen molar-refractivity contribution in [3.63, 3.8) is 0 Å². The smallest absolute Gasteiger partial charge is 0.319 e. The maximum Gasteiger partial charge on any atom is 0.319 e. The van der Waals surface area contributed by atoms with Crippen molar-refractivity contribution < 1.29 is 33.8 Å². The van der Waals surface area contributed by atoms with Crippen LogP contribution in [0.5, 0.6) is 5.75 Å². The standard InChI is InChI=1S/C25H27ClN4O7/c26-17-10-18(12-19(11-17)37-8-7-36-6-5-31)28-25(35)27-13-15-1-2-20-16(9-15)14-30(24(20)34)21-3-4-22(32)29-23(21)33/h1-2,9-12,21,31H,3-8,13-14H2,(H2,27,28,35)(H,29,32,33). The number of rotatable bonds is 10. The molecule has 196 valence electrons. The molecule has 4 rings (SSSR count). The number of piperidine rings is 1. The number of hydrogen-bond acceptors (Lipinski definition) is 7. The van der Waals surface area contributed by atoms with E-state index in [0.29, 0.717) is 35.1 Å². The molecule has 0 spiro atoms. The van der Waals surface area contributed by atoms with Gasteiger partial charge in [0.15, 0.2) is 0 Å². The molecule has 37 heavy (non-hydrogen) atoms. The number of ether oxygens (including phenoxy) is 2. The summed E-state index contributed by atoms with van der Waals surface area (Å²) in [6, 6.07) is 8.94. The van der Waals surface area contributed by atoms with Gasteiger partial charge in [0.05, 0.1) is 19.8 Å². The number of aliphatic hydroxyl groups is 1. The van der Waals surface area contributed by atoms with E-state index < -0.39 is 18.0 Å². The largest absolute Gasteiger partial charge is 0.491 e. The third-order valence-electron chi connectivity index (χ3n) is 5.90. The summed E-state index contributed by atoms with van der Waals surface area (Å²) in [5.41, 5.74) is 2.49. The molecule has 0 aliphatic carbocycles. The van der Waals surface area contributed by atoms with Crippen molar-refractivity contribution in [2.24, 2.45) is 0 Å². The molecule has 2 aliphatic rings. The topological polar surface area (TPSA) is 146 Å². The summed E-state index contributed by atoms with van der Waals surface area (Å²) in [5.74, 6) is -0.581. The molecule has 11 nitrogen and oxygen atoms in total. The summed E-state index contributed by atoms with van der Waals surface area (Å²) in [5, 5.41) is 16.9. The lowest BCUT2D eigenvalue weighted by Crippen LogP contribution is -2.52. The van der Waals surface area contributed by atoms with Crippen LogP contribution < -0.4 is 20.7 Å². The first-order valence-electron chi connectivity index (χ1n) is 11.8. The first-order chi connectivity index (χ1) is 17.8. The average Bonchev–Trinajstić information content (AvgIpc) is 3.17. The SMILES string of the molecule is O=C1CCC(N2Cc3cc(CNC(=O)Nc4cc(Cl)cc(OCCOCCO)c4)ccc3C2=O)C(=O)N1. The Morgan fingerprint density at radius 3 is 2.76 bits per heavy atom. The summed E-state index contributed by atoms with van der Waals surface area (Å²) in [4.78, 5) is 50.4. The Morgan fingerprint density at radius 2 is 1.97 bits per heavy atom. The molecule has 5 amide bonds. The Bertz CT molecular complexity index is 1210. The van der Waals surface area contributed by atoms with Crippen molar-refractivity contribution in [2.75, 3.05) is 31.7 Å². The lowest BCUT2D eigenvalue weighted by atomic mass is 10.0. The number of urea groups is 1. The van der Waals surface area contributed by atoms with Gasteiger partial charge in [0.1, 0.15) is 18.4 Å². The number of carbonyl (C=O) groups is 4. The van der Waals surface area contributed by atoms with Crippen LogP contribution in [-0.4, -0.2) is 66.2 Å². The number of fused-ring (bicyclic) bond motifs is 1. The molecule has 1 atom stereocenters. The Morgan fingerprint density at radius 1 is 1.14 bits per heavy atom. The number of amides is 5. The molecule has 12 heteroatoms. The second kappa shape index (κ2) is 12.0. The predicted octanol–water partition coefficient (Wildman–Crippen LogP) is 1.81. The number of imide groups is 1. The van der Waals surface area contributed by atoms with Gasteiger partial charge in [-0.05, 0) is 35.7 Å². The third kappa shape index (κ3) is 6.76. The lowest BCUT2D eigenvalue weighted by Gasteiger charge is -2.29. The van der Waals surface area contributed by atoms with Crippen molar-refractivity contribution in [1.82, 2.24) is 15.5 Å². The van der Waals surface area contributed by atoms with Crippen molar-refractivity contribution in [2.45, 2.75) is 32.0 Å². The number of benzene rings is 2. The van der Waals surface area contributed by atoms with E-state index in [2.05, 4.69) is 16.0 Å². The van der Waals surface area contributed by atoms with E-state index in [1.807, 2.05) is 6.07 Å². The fourth-order valence-electron chi connectivity index (χ4n) is 4.20. The fraction of sp³-hybridized carbons (Fsp3) is 0.360. The highest BCUT2D eigenvalue weighted by Crippen LogP contribution is 2.28. The van der Waals surface area contributed by atoms with Crippen LogP contribution >= 0.6 is 11.6 Å². The molecule has 0 saturated carbocycles. The number of carbonyl (C=O) groups excluding carboxylic acids is 4. The Labute approximate surface area is 218 Å². The maximum absolute atomic E-state index is 12.8. The van der Waals surface area contributed by atoms with Crippen LogP contribution in [0.2, 0.25) is 5.02 Å². The maximum atomic E-state index is 12.8. The molecule has 0 radical (unpaired) electrons. The van der Waals surface area contributed by atoms with Crippen LogP contribution in [0.4, 0.5) is 10.5 Å². The zero-order valence-corrected chi connectivity index (χ0v) is 20.7. The van der Waals surface area contributed by atoms with Crippen molar-refractivity contribution >= 4 is 41.0 Å². The van der Waals surface area contributed by atoms with Crippen LogP contribution in [0.1, 0.15) is 34.3 Å². The highest BCUT2D eigenvalue weighted by atomic mass is 35.5. The molecule has 1 unspecified atom stereocenters. The Balaban J connectivity index is 1.30. The van der Waals surface area contributed by atoms with E-state index in [1.165, 1.54) is 4.90 Å². The number of nitrogens with zero attached hydrogens (tertiary/aromatic N) is 1. The predicted molar refractivity (Wildman–Crippen MR) is 133 cm³/mol. The number of halogens is 1. The van der Waals surface area contributed by atoms with Gasteiger partial charge in [-0.15, -0.1) is 0 Å². The van der Waals surface area contributed by atoms with Gasteiger partial charge >= 0.3 is 6.03 Å². The van der Waals surface area contributed by atoms with Gasteiger partial charge in [0.2, 0.25) is 11.8 Å². The molecule has 4 N–H and O–H groups in total. The summed E-state index contributed by atoms with van der Waals surface area (Å²) >= 11 is 6.13. The molecule has 2 aliphatic heterocycles. The van der Waals surface area contributed by atoms with Crippen LogP contribution in [0, 0.1) is 0 Å². The van der Waals surface area contributed by atoms with Gasteiger partial charge in [-0.25, -0.2) is 4.79 Å². The lowest BCUT2D eigenvalue weighted by molar-refractivity contribution is -0.136. The molecule has 0 aromatic heterocycles. The zero-order chi connectivity index (χ0) is 26.4.